The number of benzene rings is 5. The Morgan fingerprint density at radius 1 is 0.492 bits per heavy atom. The van der Waals surface area contributed by atoms with Crippen LogP contribution in [0.3, 0.4) is 0 Å². The highest BCUT2D eigenvalue weighted by Gasteiger charge is 2.46. The summed E-state index contributed by atoms with van der Waals surface area (Å²) in [7, 11) is 0. The molecule has 298 valence electrons. The first kappa shape index (κ1) is 38.1. The van der Waals surface area contributed by atoms with Crippen molar-refractivity contribution in [3.8, 4) is 51.4 Å². The van der Waals surface area contributed by atoms with E-state index in [1.54, 1.807) is 0 Å². The first-order valence-corrected chi connectivity index (χ1v) is 22.7. The quantitative estimate of drug-likeness (QED) is 0.162. The molecule has 4 nitrogen and oxygen atoms in total. The molecule has 4 saturated carbocycles. The number of hydrogen-bond donors (Lipinski definition) is 0. The second kappa shape index (κ2) is 15.2. The Labute approximate surface area is 351 Å². The largest absolute Gasteiger partial charge is 0.208 e. The van der Waals surface area contributed by atoms with Gasteiger partial charge in [0.05, 0.1) is 11.6 Å². The molecule has 3 unspecified atom stereocenters. The van der Waals surface area contributed by atoms with Crippen molar-refractivity contribution in [3.63, 3.8) is 0 Å². The summed E-state index contributed by atoms with van der Waals surface area (Å²) in [4.78, 5) is 15.6. The minimum atomic E-state index is 0.285. The maximum atomic E-state index is 9.37. The number of hydrogen-bond acceptors (Lipinski definition) is 4. The van der Waals surface area contributed by atoms with Crippen molar-refractivity contribution >= 4 is 10.8 Å². The third kappa shape index (κ3) is 7.30. The average Bonchev–Trinajstić information content (AvgIpc) is 3.25. The third-order valence-electron chi connectivity index (χ3n) is 15.3. The van der Waals surface area contributed by atoms with Gasteiger partial charge in [-0.2, -0.15) is 5.26 Å². The van der Waals surface area contributed by atoms with Crippen molar-refractivity contribution in [2.45, 2.75) is 109 Å². The van der Waals surface area contributed by atoms with E-state index in [4.69, 9.17) is 15.0 Å². The van der Waals surface area contributed by atoms with Gasteiger partial charge in [0, 0.05) is 16.7 Å². The smallest absolute Gasteiger partial charge is 0.164 e. The first-order chi connectivity index (χ1) is 28.7. The van der Waals surface area contributed by atoms with Gasteiger partial charge in [-0.3, -0.25) is 0 Å². The van der Waals surface area contributed by atoms with Gasteiger partial charge in [0.1, 0.15) is 0 Å². The van der Waals surface area contributed by atoms with Gasteiger partial charge in [0.25, 0.3) is 0 Å². The minimum absolute atomic E-state index is 0.285. The molecule has 1 heterocycles. The molecule has 4 fully saturated rings. The Kier molecular flexibility index (Phi) is 9.78. The fourth-order valence-electron chi connectivity index (χ4n) is 13.2. The standard InChI is InChI=1S/C55H58N4/c1-5-38-25-41-24-37(4)30-55(31-38,33-41)50-20-16-45(17-21-50)53-58-51(43-10-8-42(9-11-43)47-13-12-46-26-39(34-56)6-7-48(46)27-47)57-52(59-53)44-14-18-49(19-15-44)54-28-35(2)22-40(32-54)23-36(3)29-54/h6-21,26-27,35-38,40-41H,5,22-25,28-33H2,1-4H3/t35-,36+,37-,38+,40?,41-,54?,55?/m0/s1. The lowest BCUT2D eigenvalue weighted by Gasteiger charge is -2.51. The van der Waals surface area contributed by atoms with Gasteiger partial charge in [-0.25, -0.2) is 15.0 Å². The molecule has 4 aliphatic rings. The van der Waals surface area contributed by atoms with E-state index in [-0.39, 0.29) is 10.8 Å². The van der Waals surface area contributed by atoms with Crippen molar-refractivity contribution in [1.82, 2.24) is 15.0 Å². The molecular weight excluding hydrogens is 717 g/mol. The highest BCUT2D eigenvalue weighted by Crippen LogP contribution is 2.56. The molecule has 8 atom stereocenters. The van der Waals surface area contributed by atoms with Gasteiger partial charge in [-0.05, 0) is 162 Å². The van der Waals surface area contributed by atoms with Crippen LogP contribution in [0, 0.1) is 46.8 Å². The molecular formula is C55H58N4. The van der Waals surface area contributed by atoms with Crippen LogP contribution in [0.4, 0.5) is 0 Å². The molecule has 4 heteroatoms. The molecule has 59 heavy (non-hydrogen) atoms. The lowest BCUT2D eigenvalue weighted by molar-refractivity contribution is 0.0702. The van der Waals surface area contributed by atoms with Gasteiger partial charge in [-0.1, -0.05) is 125 Å². The van der Waals surface area contributed by atoms with Crippen LogP contribution in [0.1, 0.15) is 115 Å². The Morgan fingerprint density at radius 3 is 1.42 bits per heavy atom. The van der Waals surface area contributed by atoms with Crippen molar-refractivity contribution in [1.29, 1.82) is 5.26 Å². The Morgan fingerprint density at radius 2 is 0.915 bits per heavy atom. The molecule has 0 spiro atoms. The number of aromatic nitrogens is 3. The second-order valence-electron chi connectivity index (χ2n) is 20.0. The summed E-state index contributed by atoms with van der Waals surface area (Å²) in [5, 5.41) is 11.6. The van der Waals surface area contributed by atoms with Crippen LogP contribution in [0.25, 0.3) is 56.1 Å². The summed E-state index contributed by atoms with van der Waals surface area (Å²) in [5.74, 6) is 7.00. The molecule has 1 aromatic heterocycles. The molecule has 4 bridgehead atoms. The van der Waals surface area contributed by atoms with Crippen LogP contribution < -0.4 is 0 Å². The van der Waals surface area contributed by atoms with Crippen molar-refractivity contribution in [2.75, 3.05) is 0 Å². The second-order valence-corrected chi connectivity index (χ2v) is 20.0. The lowest BCUT2D eigenvalue weighted by atomic mass is 9.54. The zero-order valence-corrected chi connectivity index (χ0v) is 35.4. The molecule has 0 amide bonds. The zero-order valence-electron chi connectivity index (χ0n) is 35.4. The molecule has 6 aromatic rings. The maximum absolute atomic E-state index is 9.37. The molecule has 0 saturated heterocycles. The molecule has 0 radical (unpaired) electrons. The van der Waals surface area contributed by atoms with Crippen LogP contribution in [0.2, 0.25) is 0 Å². The Bertz CT molecular complexity index is 2510. The van der Waals surface area contributed by atoms with Gasteiger partial charge in [0.2, 0.25) is 0 Å². The maximum Gasteiger partial charge on any atom is 0.164 e. The van der Waals surface area contributed by atoms with Gasteiger partial charge in [-0.15, -0.1) is 0 Å². The number of fused-ring (bicyclic) bond motifs is 5. The number of rotatable bonds is 7. The normalized spacial score (nSPS) is 28.9. The van der Waals surface area contributed by atoms with Crippen LogP contribution in [-0.2, 0) is 10.8 Å². The summed E-state index contributed by atoms with van der Waals surface area (Å²) in [6.07, 6.45) is 14.7. The summed E-state index contributed by atoms with van der Waals surface area (Å²) < 4.78 is 0. The topological polar surface area (TPSA) is 62.5 Å². The SMILES string of the molecule is CC[C@@H]1C[C@@H]2C[C@H](C)CC(c3ccc(-c4nc(-c5ccc(-c6ccc7cc(C#N)ccc7c6)cc5)nc(-c5ccc(C67CC(C[C@@H](C)C6)C[C@H](C)C7)cc5)n4)cc3)(C1)C2. The monoisotopic (exact) mass is 774 g/mol. The molecule has 4 aliphatic carbocycles. The number of nitrogens with zero attached hydrogens (tertiary/aromatic N) is 4. The Balaban J connectivity index is 1.01. The van der Waals surface area contributed by atoms with E-state index in [0.29, 0.717) is 11.4 Å². The van der Waals surface area contributed by atoms with E-state index < -0.39 is 0 Å². The molecule has 0 aliphatic heterocycles. The van der Waals surface area contributed by atoms with Crippen LogP contribution >= 0.6 is 0 Å². The van der Waals surface area contributed by atoms with Crippen LogP contribution in [0.15, 0.2) is 109 Å². The minimum Gasteiger partial charge on any atom is -0.208 e. The molecule has 10 rings (SSSR count). The highest BCUT2D eigenvalue weighted by molar-refractivity contribution is 5.88. The number of nitriles is 1. The van der Waals surface area contributed by atoms with E-state index in [1.165, 1.54) is 81.8 Å². The van der Waals surface area contributed by atoms with Crippen molar-refractivity contribution in [3.05, 3.63) is 126 Å². The van der Waals surface area contributed by atoms with Gasteiger partial charge in [0.15, 0.2) is 17.5 Å². The van der Waals surface area contributed by atoms with Crippen molar-refractivity contribution < 1.29 is 0 Å². The lowest BCUT2D eigenvalue weighted by Crippen LogP contribution is -2.42. The fraction of sp³-hybridized carbons (Fsp3) is 0.418. The van der Waals surface area contributed by atoms with Crippen LogP contribution in [0.5, 0.6) is 0 Å². The first-order valence-electron chi connectivity index (χ1n) is 22.7. The fourth-order valence-corrected chi connectivity index (χ4v) is 13.2. The van der Waals surface area contributed by atoms with Crippen molar-refractivity contribution in [2.24, 2.45) is 35.5 Å². The van der Waals surface area contributed by atoms with E-state index in [0.717, 1.165) is 85.7 Å². The molecule has 5 aromatic carbocycles. The van der Waals surface area contributed by atoms with E-state index in [2.05, 4.69) is 125 Å². The third-order valence-corrected chi connectivity index (χ3v) is 15.3. The average molecular weight is 775 g/mol. The molecule has 0 N–H and O–H groups in total. The summed E-state index contributed by atoms with van der Waals surface area (Å²) in [6, 6.07) is 41.9. The predicted molar refractivity (Wildman–Crippen MR) is 242 cm³/mol. The van der Waals surface area contributed by atoms with Gasteiger partial charge < -0.3 is 0 Å². The summed E-state index contributed by atoms with van der Waals surface area (Å²) in [6.45, 7) is 9.80. The van der Waals surface area contributed by atoms with E-state index in [1.807, 2.05) is 18.2 Å². The summed E-state index contributed by atoms with van der Waals surface area (Å²) >= 11 is 0. The Hall–Kier alpha value is -5.14. The van der Waals surface area contributed by atoms with Gasteiger partial charge >= 0.3 is 0 Å². The van der Waals surface area contributed by atoms with Crippen LogP contribution in [-0.4, -0.2) is 15.0 Å². The zero-order chi connectivity index (χ0) is 40.3. The predicted octanol–water partition coefficient (Wildman–Crippen LogP) is 14.2. The summed E-state index contributed by atoms with van der Waals surface area (Å²) in [5.41, 5.74) is 9.57. The van der Waals surface area contributed by atoms with E-state index >= 15 is 0 Å². The highest BCUT2D eigenvalue weighted by atomic mass is 15.0. The van der Waals surface area contributed by atoms with E-state index in [9.17, 15) is 5.26 Å².